The predicted octanol–water partition coefficient (Wildman–Crippen LogP) is 2.82. The Morgan fingerprint density at radius 3 is 2.50 bits per heavy atom. The van der Waals surface area contributed by atoms with E-state index in [1.165, 1.54) is 0 Å². The predicted molar refractivity (Wildman–Crippen MR) is 76.2 cm³/mol. The van der Waals surface area contributed by atoms with Crippen LogP contribution in [0.3, 0.4) is 0 Å². The summed E-state index contributed by atoms with van der Waals surface area (Å²) in [5.41, 5.74) is -0.777. The number of ether oxygens (including phenoxy) is 1. The van der Waals surface area contributed by atoms with Gasteiger partial charge in [-0.1, -0.05) is 25.8 Å². The number of benzene rings is 1. The number of amides is 1. The third-order valence-electron chi connectivity index (χ3n) is 3.96. The molecule has 0 radical (unpaired) electrons. The highest BCUT2D eigenvalue weighted by Gasteiger charge is 2.24. The highest BCUT2D eigenvalue weighted by Crippen LogP contribution is 2.23. The van der Waals surface area contributed by atoms with Gasteiger partial charge >= 0.3 is 5.97 Å². The normalized spacial score (nSPS) is 21.2. The Labute approximate surface area is 127 Å². The van der Waals surface area contributed by atoms with Crippen molar-refractivity contribution in [2.75, 3.05) is 6.61 Å². The fraction of sp³-hybridized carbons (Fsp3) is 0.500. The van der Waals surface area contributed by atoms with Gasteiger partial charge in [0.2, 0.25) is 0 Å². The molecule has 1 amide bonds. The lowest BCUT2D eigenvalue weighted by Gasteiger charge is -2.29. The molecule has 1 aliphatic carbocycles. The Kier molecular flexibility index (Phi) is 5.46. The second kappa shape index (κ2) is 7.33. The van der Waals surface area contributed by atoms with Gasteiger partial charge in [-0.3, -0.25) is 4.79 Å². The molecule has 22 heavy (non-hydrogen) atoms. The molecule has 1 aromatic rings. The van der Waals surface area contributed by atoms with Crippen LogP contribution in [0.15, 0.2) is 18.2 Å². The van der Waals surface area contributed by atoms with E-state index in [9.17, 15) is 18.4 Å². The highest BCUT2D eigenvalue weighted by atomic mass is 19.1. The zero-order valence-corrected chi connectivity index (χ0v) is 12.4. The molecular weight excluding hydrogens is 292 g/mol. The maximum absolute atomic E-state index is 13.4. The van der Waals surface area contributed by atoms with Crippen molar-refractivity contribution in [1.82, 2.24) is 5.32 Å². The van der Waals surface area contributed by atoms with Crippen LogP contribution in [0.5, 0.6) is 0 Å². The van der Waals surface area contributed by atoms with Gasteiger partial charge < -0.3 is 10.1 Å². The second-order valence-corrected chi connectivity index (χ2v) is 5.61. The third kappa shape index (κ3) is 4.02. The highest BCUT2D eigenvalue weighted by molar-refractivity contribution is 5.91. The average molecular weight is 311 g/mol. The summed E-state index contributed by atoms with van der Waals surface area (Å²) in [6.45, 7) is 1.51. The molecule has 0 unspecified atom stereocenters. The van der Waals surface area contributed by atoms with E-state index in [-0.39, 0.29) is 6.04 Å². The molecule has 1 saturated carbocycles. The summed E-state index contributed by atoms with van der Waals surface area (Å²) < 4.78 is 31.5. The molecule has 6 heteroatoms. The van der Waals surface area contributed by atoms with Crippen LogP contribution in [-0.4, -0.2) is 24.5 Å². The molecule has 1 N–H and O–H groups in total. The molecule has 4 nitrogen and oxygen atoms in total. The Balaban J connectivity index is 1.87. The topological polar surface area (TPSA) is 55.4 Å². The molecule has 1 aromatic carbocycles. The first-order valence-electron chi connectivity index (χ1n) is 7.39. The van der Waals surface area contributed by atoms with E-state index in [1.54, 1.807) is 0 Å². The number of nitrogens with one attached hydrogen (secondary N) is 1. The SMILES string of the molecule is C[C@H]1CCCC[C@@H]1NC(=O)COC(=O)c1c(F)cccc1F. The van der Waals surface area contributed by atoms with Crippen molar-refractivity contribution in [1.29, 1.82) is 0 Å². The van der Waals surface area contributed by atoms with Crippen LogP contribution in [-0.2, 0) is 9.53 Å². The molecule has 0 heterocycles. The van der Waals surface area contributed by atoms with E-state index in [1.807, 2.05) is 0 Å². The van der Waals surface area contributed by atoms with Gasteiger partial charge in [-0.15, -0.1) is 0 Å². The minimum absolute atomic E-state index is 0.0603. The van der Waals surface area contributed by atoms with Gasteiger partial charge in [-0.25, -0.2) is 13.6 Å². The number of hydrogen-bond donors (Lipinski definition) is 1. The van der Waals surface area contributed by atoms with Crippen molar-refractivity contribution < 1.29 is 23.1 Å². The number of carbonyl (C=O) groups excluding carboxylic acids is 2. The summed E-state index contributed by atoms with van der Waals surface area (Å²) in [7, 11) is 0. The minimum Gasteiger partial charge on any atom is -0.452 e. The second-order valence-electron chi connectivity index (χ2n) is 5.61. The maximum Gasteiger partial charge on any atom is 0.344 e. The van der Waals surface area contributed by atoms with E-state index >= 15 is 0 Å². The van der Waals surface area contributed by atoms with E-state index in [0.717, 1.165) is 43.9 Å². The number of hydrogen-bond acceptors (Lipinski definition) is 3. The van der Waals surface area contributed by atoms with Gasteiger partial charge in [0.15, 0.2) is 6.61 Å². The standard InChI is InChI=1S/C16H19F2NO3/c1-10-5-2-3-8-13(10)19-14(20)9-22-16(21)15-11(17)6-4-7-12(15)18/h4,6-7,10,13H,2-3,5,8-9H2,1H3,(H,19,20)/t10-,13-/m0/s1. The van der Waals surface area contributed by atoms with E-state index in [2.05, 4.69) is 12.2 Å². The van der Waals surface area contributed by atoms with E-state index in [4.69, 9.17) is 4.74 Å². The lowest BCUT2D eigenvalue weighted by atomic mass is 9.86. The van der Waals surface area contributed by atoms with Gasteiger partial charge in [0, 0.05) is 6.04 Å². The van der Waals surface area contributed by atoms with Crippen LogP contribution in [0.2, 0.25) is 0 Å². The first-order valence-corrected chi connectivity index (χ1v) is 7.39. The third-order valence-corrected chi connectivity index (χ3v) is 3.96. The summed E-state index contributed by atoms with van der Waals surface area (Å²) in [6, 6.07) is 3.14. The first kappa shape index (κ1) is 16.4. The lowest BCUT2D eigenvalue weighted by Crippen LogP contribution is -2.42. The number of esters is 1. The van der Waals surface area contributed by atoms with Crippen molar-refractivity contribution in [3.05, 3.63) is 35.4 Å². The fourth-order valence-corrected chi connectivity index (χ4v) is 2.68. The molecular formula is C16H19F2NO3. The molecule has 0 spiro atoms. The Morgan fingerprint density at radius 2 is 1.86 bits per heavy atom. The lowest BCUT2D eigenvalue weighted by molar-refractivity contribution is -0.125. The summed E-state index contributed by atoms with van der Waals surface area (Å²) in [5, 5.41) is 2.80. The van der Waals surface area contributed by atoms with E-state index < -0.39 is 35.7 Å². The molecule has 120 valence electrons. The van der Waals surface area contributed by atoms with Crippen LogP contribution >= 0.6 is 0 Å². The van der Waals surface area contributed by atoms with Gasteiger partial charge in [0.05, 0.1) is 0 Å². The van der Waals surface area contributed by atoms with Crippen molar-refractivity contribution in [3.8, 4) is 0 Å². The van der Waals surface area contributed by atoms with Gasteiger partial charge in [-0.05, 0) is 30.9 Å². The van der Waals surface area contributed by atoms with Gasteiger partial charge in [-0.2, -0.15) is 0 Å². The largest absolute Gasteiger partial charge is 0.452 e. The van der Waals surface area contributed by atoms with Crippen molar-refractivity contribution in [3.63, 3.8) is 0 Å². The summed E-state index contributed by atoms with van der Waals surface area (Å²) in [4.78, 5) is 23.5. The van der Waals surface area contributed by atoms with E-state index in [0.29, 0.717) is 5.92 Å². The van der Waals surface area contributed by atoms with Gasteiger partial charge in [0.1, 0.15) is 17.2 Å². The average Bonchev–Trinajstić information content (AvgIpc) is 2.47. The summed E-state index contributed by atoms with van der Waals surface area (Å²) >= 11 is 0. The van der Waals surface area contributed by atoms with Crippen molar-refractivity contribution in [2.24, 2.45) is 5.92 Å². The Bertz CT molecular complexity index is 542. The fourth-order valence-electron chi connectivity index (χ4n) is 2.68. The zero-order valence-electron chi connectivity index (χ0n) is 12.4. The van der Waals surface area contributed by atoms with Crippen LogP contribution in [0.1, 0.15) is 43.0 Å². The molecule has 0 aromatic heterocycles. The Hall–Kier alpha value is -1.98. The molecule has 1 aliphatic rings. The maximum atomic E-state index is 13.4. The van der Waals surface area contributed by atoms with Crippen molar-refractivity contribution in [2.45, 2.75) is 38.6 Å². The van der Waals surface area contributed by atoms with Gasteiger partial charge in [0.25, 0.3) is 5.91 Å². The molecule has 0 bridgehead atoms. The number of rotatable bonds is 4. The minimum atomic E-state index is -1.18. The first-order chi connectivity index (χ1) is 10.5. The van der Waals surface area contributed by atoms with Crippen LogP contribution < -0.4 is 5.32 Å². The number of carbonyl (C=O) groups is 2. The summed E-state index contributed by atoms with van der Waals surface area (Å²) in [6.07, 6.45) is 4.14. The molecule has 2 atom stereocenters. The zero-order chi connectivity index (χ0) is 16.1. The smallest absolute Gasteiger partial charge is 0.344 e. The van der Waals surface area contributed by atoms with Crippen molar-refractivity contribution >= 4 is 11.9 Å². The Morgan fingerprint density at radius 1 is 1.23 bits per heavy atom. The monoisotopic (exact) mass is 311 g/mol. The molecule has 2 rings (SSSR count). The quantitative estimate of drug-likeness (QED) is 0.870. The summed E-state index contributed by atoms with van der Waals surface area (Å²) in [5.74, 6) is -3.28. The molecule has 1 fully saturated rings. The number of halogens is 2. The van der Waals surface area contributed by atoms with Crippen LogP contribution in [0, 0.1) is 17.6 Å². The molecule has 0 saturated heterocycles. The van der Waals surface area contributed by atoms with Crippen LogP contribution in [0.4, 0.5) is 8.78 Å². The van der Waals surface area contributed by atoms with Crippen LogP contribution in [0.25, 0.3) is 0 Å². The molecule has 0 aliphatic heterocycles.